The molecule has 0 aromatic carbocycles. The van der Waals surface area contributed by atoms with Gasteiger partial charge in [0.2, 0.25) is 0 Å². The summed E-state index contributed by atoms with van der Waals surface area (Å²) < 4.78 is 0. The van der Waals surface area contributed by atoms with Gasteiger partial charge in [0.05, 0.1) is 5.35 Å². The van der Waals surface area contributed by atoms with Crippen LogP contribution in [0.3, 0.4) is 0 Å². The molecule has 2 nitrogen and oxygen atoms in total. The molecule has 13 heavy (non-hydrogen) atoms. The monoisotopic (exact) mass is 192 g/mol. The van der Waals surface area contributed by atoms with Gasteiger partial charge >= 0.3 is 0 Å². The van der Waals surface area contributed by atoms with E-state index < -0.39 is 0 Å². The molecule has 0 unspecified atom stereocenters. The van der Waals surface area contributed by atoms with E-state index in [2.05, 4.69) is 4.98 Å². The first-order valence-electron chi connectivity index (χ1n) is 4.06. The highest BCUT2D eigenvalue weighted by molar-refractivity contribution is 6.29. The molecule has 1 aromatic rings. The first kappa shape index (κ1) is 8.32. The quantitative estimate of drug-likeness (QED) is 0.610. The molecule has 1 aliphatic rings. The van der Waals surface area contributed by atoms with Crippen molar-refractivity contribution in [3.8, 4) is 0 Å². The van der Waals surface area contributed by atoms with Crippen LogP contribution in [0.15, 0.2) is 23.9 Å². The van der Waals surface area contributed by atoms with E-state index >= 15 is 0 Å². The van der Waals surface area contributed by atoms with Crippen LogP contribution in [0.1, 0.15) is 6.42 Å². The minimum absolute atomic E-state index is 0.517. The van der Waals surface area contributed by atoms with E-state index in [0.717, 1.165) is 22.7 Å². The van der Waals surface area contributed by atoms with E-state index in [1.807, 2.05) is 24.3 Å². The molecule has 1 aromatic heterocycles. The molecule has 0 atom stereocenters. The summed E-state index contributed by atoms with van der Waals surface area (Å²) in [5.41, 5.74) is 6.49. The molecule has 0 bridgehead atoms. The van der Waals surface area contributed by atoms with Gasteiger partial charge < -0.3 is 5.73 Å². The average Bonchev–Trinajstić information content (AvgIpc) is 2.25. The number of aromatic nitrogens is 1. The lowest BCUT2D eigenvalue weighted by Gasteiger charge is -1.90. The fraction of sp³-hybridized carbons (Fsp3) is 0.100. The van der Waals surface area contributed by atoms with Crippen LogP contribution in [0.2, 0.25) is 5.15 Å². The SMILES string of the molecule is NC1=CCC=c2nc(Cl)ccc2=C1. The molecule has 2 N–H and O–H groups in total. The predicted molar refractivity (Wildman–Crippen MR) is 54.3 cm³/mol. The van der Waals surface area contributed by atoms with Crippen molar-refractivity contribution < 1.29 is 0 Å². The normalized spacial score (nSPS) is 14.7. The number of rotatable bonds is 0. The molecule has 2 rings (SSSR count). The Kier molecular flexibility index (Phi) is 2.07. The van der Waals surface area contributed by atoms with Crippen LogP contribution in [0, 0.1) is 0 Å². The van der Waals surface area contributed by atoms with Crippen molar-refractivity contribution in [2.24, 2.45) is 5.73 Å². The van der Waals surface area contributed by atoms with Gasteiger partial charge in [-0.2, -0.15) is 0 Å². The maximum absolute atomic E-state index is 5.77. The van der Waals surface area contributed by atoms with Crippen molar-refractivity contribution in [1.82, 2.24) is 4.98 Å². The molecule has 3 heteroatoms. The maximum Gasteiger partial charge on any atom is 0.129 e. The third-order valence-corrected chi connectivity index (χ3v) is 2.12. The van der Waals surface area contributed by atoms with Crippen LogP contribution < -0.4 is 16.3 Å². The molecular weight excluding hydrogens is 184 g/mol. The third-order valence-electron chi connectivity index (χ3n) is 1.91. The Morgan fingerprint density at radius 1 is 1.31 bits per heavy atom. The molecule has 66 valence electrons. The molecule has 1 heterocycles. The van der Waals surface area contributed by atoms with Gasteiger partial charge in [-0.15, -0.1) is 0 Å². The number of hydrogen-bond donors (Lipinski definition) is 1. The van der Waals surface area contributed by atoms with Crippen LogP contribution >= 0.6 is 11.6 Å². The second-order valence-electron chi connectivity index (χ2n) is 2.90. The number of hydrogen-bond acceptors (Lipinski definition) is 2. The van der Waals surface area contributed by atoms with Crippen molar-refractivity contribution in [3.05, 3.63) is 39.6 Å². The van der Waals surface area contributed by atoms with Gasteiger partial charge in [0.15, 0.2) is 0 Å². The van der Waals surface area contributed by atoms with Crippen molar-refractivity contribution in [2.45, 2.75) is 6.42 Å². The van der Waals surface area contributed by atoms with Crippen LogP contribution in [-0.4, -0.2) is 4.98 Å². The van der Waals surface area contributed by atoms with Crippen molar-refractivity contribution in [1.29, 1.82) is 0 Å². The number of allylic oxidation sites excluding steroid dienone is 2. The van der Waals surface area contributed by atoms with Crippen molar-refractivity contribution in [2.75, 3.05) is 0 Å². The van der Waals surface area contributed by atoms with Gasteiger partial charge in [-0.3, -0.25) is 0 Å². The van der Waals surface area contributed by atoms with Gasteiger partial charge in [0.25, 0.3) is 0 Å². The number of nitrogens with zero attached hydrogens (tertiary/aromatic N) is 1. The van der Waals surface area contributed by atoms with E-state index in [9.17, 15) is 0 Å². The molecular formula is C10H9ClN2. The van der Waals surface area contributed by atoms with Gasteiger partial charge in [-0.05, 0) is 24.6 Å². The standard InChI is InChI=1S/C10H9ClN2/c11-10-5-4-7-6-8(12)2-1-3-9(7)13-10/h2-6H,1,12H2. The van der Waals surface area contributed by atoms with Crippen LogP contribution in [0.5, 0.6) is 0 Å². The van der Waals surface area contributed by atoms with Crippen LogP contribution in [0.4, 0.5) is 0 Å². The van der Waals surface area contributed by atoms with E-state index in [4.69, 9.17) is 17.3 Å². The largest absolute Gasteiger partial charge is 0.399 e. The van der Waals surface area contributed by atoms with Crippen LogP contribution in [0.25, 0.3) is 12.2 Å². The summed E-state index contributed by atoms with van der Waals surface area (Å²) in [4.78, 5) is 4.20. The van der Waals surface area contributed by atoms with Gasteiger partial charge in [0, 0.05) is 10.9 Å². The molecule has 0 saturated heterocycles. The molecule has 0 aliphatic heterocycles. The average molecular weight is 193 g/mol. The van der Waals surface area contributed by atoms with Crippen molar-refractivity contribution in [3.63, 3.8) is 0 Å². The predicted octanol–water partition coefficient (Wildman–Crippen LogP) is 0.542. The molecule has 0 spiro atoms. The van der Waals surface area contributed by atoms with Crippen molar-refractivity contribution >= 4 is 23.8 Å². The molecule has 0 fully saturated rings. The third kappa shape index (κ3) is 1.73. The summed E-state index contributed by atoms with van der Waals surface area (Å²) in [6.07, 6.45) is 6.68. The topological polar surface area (TPSA) is 38.9 Å². The number of fused-ring (bicyclic) bond motifs is 1. The highest BCUT2D eigenvalue weighted by Gasteiger charge is 1.94. The Morgan fingerprint density at radius 2 is 2.15 bits per heavy atom. The lowest BCUT2D eigenvalue weighted by Crippen LogP contribution is -2.27. The summed E-state index contributed by atoms with van der Waals surface area (Å²) in [5, 5.41) is 2.45. The summed E-state index contributed by atoms with van der Waals surface area (Å²) >= 11 is 5.77. The number of halogens is 1. The fourth-order valence-electron chi connectivity index (χ4n) is 1.29. The van der Waals surface area contributed by atoms with Gasteiger partial charge in [0.1, 0.15) is 5.15 Å². The maximum atomic E-state index is 5.77. The highest BCUT2D eigenvalue weighted by Crippen LogP contribution is 1.98. The second-order valence-corrected chi connectivity index (χ2v) is 3.28. The highest BCUT2D eigenvalue weighted by atomic mass is 35.5. The smallest absolute Gasteiger partial charge is 0.129 e. The molecule has 0 saturated carbocycles. The molecule has 0 amide bonds. The second kappa shape index (κ2) is 3.23. The van der Waals surface area contributed by atoms with Gasteiger partial charge in [-0.1, -0.05) is 23.8 Å². The fourth-order valence-corrected chi connectivity index (χ4v) is 1.45. The number of pyridine rings is 1. The summed E-state index contributed by atoms with van der Waals surface area (Å²) in [5.74, 6) is 0. The summed E-state index contributed by atoms with van der Waals surface area (Å²) in [7, 11) is 0. The summed E-state index contributed by atoms with van der Waals surface area (Å²) in [6.45, 7) is 0. The molecule has 0 radical (unpaired) electrons. The van der Waals surface area contributed by atoms with E-state index in [1.165, 1.54) is 0 Å². The minimum Gasteiger partial charge on any atom is -0.399 e. The lowest BCUT2D eigenvalue weighted by molar-refractivity contribution is 1.21. The zero-order valence-corrected chi connectivity index (χ0v) is 7.75. The van der Waals surface area contributed by atoms with E-state index in [0.29, 0.717) is 5.15 Å². The number of nitrogens with two attached hydrogens (primary N) is 1. The van der Waals surface area contributed by atoms with E-state index in [1.54, 1.807) is 6.07 Å². The van der Waals surface area contributed by atoms with E-state index in [-0.39, 0.29) is 0 Å². The first-order chi connectivity index (χ1) is 6.25. The zero-order chi connectivity index (χ0) is 9.26. The van der Waals surface area contributed by atoms with Gasteiger partial charge in [-0.25, -0.2) is 4.98 Å². The van der Waals surface area contributed by atoms with Crippen LogP contribution in [-0.2, 0) is 0 Å². The first-order valence-corrected chi connectivity index (χ1v) is 4.43. The Labute approximate surface area is 81.0 Å². The Hall–Kier alpha value is -1.28. The lowest BCUT2D eigenvalue weighted by atomic mass is 10.3. The Balaban J connectivity index is 2.75. The molecule has 1 aliphatic carbocycles. The summed E-state index contributed by atoms with van der Waals surface area (Å²) in [6, 6.07) is 3.69. The zero-order valence-electron chi connectivity index (χ0n) is 7.00. The Morgan fingerprint density at radius 3 is 3.00 bits per heavy atom. The Bertz CT molecular complexity index is 474. The minimum atomic E-state index is 0.517.